The molecule has 3 aromatic rings. The molecular formula is C18H13Cl2N5O5. The van der Waals surface area contributed by atoms with Gasteiger partial charge in [-0.1, -0.05) is 23.2 Å². The van der Waals surface area contributed by atoms with Crippen molar-refractivity contribution in [3.63, 3.8) is 0 Å². The molecule has 0 aliphatic carbocycles. The van der Waals surface area contributed by atoms with E-state index in [1.54, 1.807) is 6.07 Å². The molecule has 0 bridgehead atoms. The van der Waals surface area contributed by atoms with Crippen LogP contribution in [0.3, 0.4) is 0 Å². The summed E-state index contributed by atoms with van der Waals surface area (Å²) in [6.45, 7) is 0.667. The van der Waals surface area contributed by atoms with Crippen LogP contribution in [0.15, 0.2) is 44.8 Å². The van der Waals surface area contributed by atoms with Gasteiger partial charge in [0.25, 0.3) is 11.1 Å². The fourth-order valence-electron chi connectivity index (χ4n) is 2.47. The molecule has 1 aromatic carbocycles. The van der Waals surface area contributed by atoms with Crippen LogP contribution in [0.4, 0.5) is 0 Å². The van der Waals surface area contributed by atoms with Gasteiger partial charge in [0, 0.05) is 25.9 Å². The van der Waals surface area contributed by atoms with Crippen LogP contribution in [0.5, 0.6) is 11.5 Å². The van der Waals surface area contributed by atoms with Crippen molar-refractivity contribution in [1.29, 1.82) is 5.26 Å². The van der Waals surface area contributed by atoms with Gasteiger partial charge in [0.2, 0.25) is 5.69 Å². The van der Waals surface area contributed by atoms with Crippen LogP contribution in [0.25, 0.3) is 5.69 Å². The van der Waals surface area contributed by atoms with Crippen molar-refractivity contribution in [1.82, 2.24) is 19.3 Å². The molecule has 0 amide bonds. The van der Waals surface area contributed by atoms with E-state index in [0.29, 0.717) is 18.9 Å². The Hall–Kier alpha value is -3.39. The predicted molar refractivity (Wildman–Crippen MR) is 108 cm³/mol. The summed E-state index contributed by atoms with van der Waals surface area (Å²) < 4.78 is 12.9. The van der Waals surface area contributed by atoms with E-state index in [1.807, 2.05) is 4.98 Å². The zero-order valence-corrected chi connectivity index (χ0v) is 16.9. The smallest absolute Gasteiger partial charge is 0.349 e. The first kappa shape index (κ1) is 21.3. The zero-order chi connectivity index (χ0) is 21.8. The first-order chi connectivity index (χ1) is 14.3. The van der Waals surface area contributed by atoms with E-state index < -0.39 is 16.9 Å². The fourth-order valence-corrected chi connectivity index (χ4v) is 3.02. The topological polar surface area (TPSA) is 132 Å². The Kier molecular flexibility index (Phi) is 6.37. The molecule has 3 rings (SSSR count). The maximum absolute atomic E-state index is 12.0. The third-order valence-corrected chi connectivity index (χ3v) is 4.44. The van der Waals surface area contributed by atoms with Crippen LogP contribution in [0.2, 0.25) is 10.0 Å². The summed E-state index contributed by atoms with van der Waals surface area (Å²) in [5, 5.41) is 12.7. The Labute approximate surface area is 178 Å². The molecule has 0 radical (unpaired) electrons. The first-order valence-corrected chi connectivity index (χ1v) is 9.10. The van der Waals surface area contributed by atoms with Crippen LogP contribution in [0, 0.1) is 11.3 Å². The molecule has 0 aliphatic rings. The van der Waals surface area contributed by atoms with E-state index in [1.165, 1.54) is 42.1 Å². The number of methoxy groups -OCH3 is 1. The van der Waals surface area contributed by atoms with Crippen LogP contribution in [-0.2, 0) is 11.3 Å². The molecule has 0 saturated heterocycles. The fraction of sp³-hybridized carbons (Fsp3) is 0.167. The summed E-state index contributed by atoms with van der Waals surface area (Å²) in [7, 11) is 1.52. The Morgan fingerprint density at radius 1 is 1.20 bits per heavy atom. The summed E-state index contributed by atoms with van der Waals surface area (Å²) in [5.74, 6) is 0.380. The second-order valence-electron chi connectivity index (χ2n) is 5.86. The Morgan fingerprint density at radius 3 is 2.53 bits per heavy atom. The number of H-pyrrole nitrogens is 1. The van der Waals surface area contributed by atoms with Crippen molar-refractivity contribution in [2.24, 2.45) is 0 Å². The van der Waals surface area contributed by atoms with E-state index in [4.69, 9.17) is 37.9 Å². The van der Waals surface area contributed by atoms with Crippen molar-refractivity contribution in [2.75, 3.05) is 13.7 Å². The van der Waals surface area contributed by atoms with Gasteiger partial charge in [-0.3, -0.25) is 14.6 Å². The summed E-state index contributed by atoms with van der Waals surface area (Å²) in [6.07, 6.45) is 1.48. The van der Waals surface area contributed by atoms with Crippen LogP contribution in [0.1, 0.15) is 5.69 Å². The minimum absolute atomic E-state index is 0.0329. The first-order valence-electron chi connectivity index (χ1n) is 8.34. The van der Waals surface area contributed by atoms with Gasteiger partial charge in [0.15, 0.2) is 5.75 Å². The maximum atomic E-state index is 12.0. The number of ether oxygens (including phenoxy) is 2. The van der Waals surface area contributed by atoms with E-state index in [-0.39, 0.29) is 27.0 Å². The minimum atomic E-state index is -0.903. The van der Waals surface area contributed by atoms with Crippen LogP contribution in [-0.4, -0.2) is 33.0 Å². The summed E-state index contributed by atoms with van der Waals surface area (Å²) in [5.41, 5.74) is -2.39. The Morgan fingerprint density at radius 2 is 1.90 bits per heavy atom. The Bertz CT molecular complexity index is 1300. The van der Waals surface area contributed by atoms with Gasteiger partial charge in [-0.05, 0) is 18.2 Å². The van der Waals surface area contributed by atoms with Crippen LogP contribution < -0.4 is 21.5 Å². The number of nitrogens with one attached hydrogen (secondary N) is 1. The van der Waals surface area contributed by atoms with Gasteiger partial charge in [-0.15, -0.1) is 5.10 Å². The standard InChI is InChI=1S/C18H13Cl2N5O5/c1-29-5-4-24-9-11(2-3-15(24)26)30-16-12(19)6-10(7-13(16)20)25-18(28)22-17(27)14(8-21)23-25/h2-3,6-7,9H,4-5H2,1H3,(H,22,27,28). The summed E-state index contributed by atoms with van der Waals surface area (Å²) in [6, 6.07) is 7.04. The predicted octanol–water partition coefficient (Wildman–Crippen LogP) is 1.70. The lowest BCUT2D eigenvalue weighted by Crippen LogP contribution is -2.33. The second-order valence-corrected chi connectivity index (χ2v) is 6.68. The van der Waals surface area contributed by atoms with Gasteiger partial charge in [0.1, 0.15) is 11.8 Å². The normalized spacial score (nSPS) is 10.6. The molecule has 0 fully saturated rings. The van der Waals surface area contributed by atoms with E-state index in [9.17, 15) is 14.4 Å². The summed E-state index contributed by atoms with van der Waals surface area (Å²) >= 11 is 12.5. The molecule has 10 nitrogen and oxygen atoms in total. The third kappa shape index (κ3) is 4.44. The average molecular weight is 450 g/mol. The quantitative estimate of drug-likeness (QED) is 0.605. The Balaban J connectivity index is 1.99. The van der Waals surface area contributed by atoms with Gasteiger partial charge in [-0.2, -0.15) is 9.94 Å². The van der Waals surface area contributed by atoms with Gasteiger partial charge < -0.3 is 14.0 Å². The number of aromatic amines is 1. The number of pyridine rings is 1. The number of halogens is 2. The number of hydrogen-bond donors (Lipinski definition) is 1. The van der Waals surface area contributed by atoms with Crippen LogP contribution >= 0.6 is 23.2 Å². The monoisotopic (exact) mass is 449 g/mol. The third-order valence-electron chi connectivity index (χ3n) is 3.87. The van der Waals surface area contributed by atoms with E-state index >= 15 is 0 Å². The molecule has 2 heterocycles. The molecular weight excluding hydrogens is 437 g/mol. The summed E-state index contributed by atoms with van der Waals surface area (Å²) in [4.78, 5) is 37.4. The molecule has 12 heteroatoms. The number of benzene rings is 1. The lowest BCUT2D eigenvalue weighted by molar-refractivity contribution is 0.186. The zero-order valence-electron chi connectivity index (χ0n) is 15.4. The van der Waals surface area contributed by atoms with Gasteiger partial charge >= 0.3 is 5.69 Å². The van der Waals surface area contributed by atoms with E-state index in [2.05, 4.69) is 5.10 Å². The average Bonchev–Trinajstić information content (AvgIpc) is 2.71. The van der Waals surface area contributed by atoms with Crippen molar-refractivity contribution >= 4 is 23.2 Å². The molecule has 30 heavy (non-hydrogen) atoms. The van der Waals surface area contributed by atoms with Crippen molar-refractivity contribution in [2.45, 2.75) is 6.54 Å². The second kappa shape index (κ2) is 8.96. The van der Waals surface area contributed by atoms with E-state index in [0.717, 1.165) is 4.68 Å². The number of nitriles is 1. The number of nitrogens with zero attached hydrogens (tertiary/aromatic N) is 4. The molecule has 1 N–H and O–H groups in total. The number of aromatic nitrogens is 4. The van der Waals surface area contributed by atoms with Gasteiger partial charge in [0.05, 0.1) is 22.3 Å². The number of hydrogen-bond acceptors (Lipinski definition) is 7. The largest absolute Gasteiger partial charge is 0.453 e. The van der Waals surface area contributed by atoms with Crippen molar-refractivity contribution in [3.8, 4) is 23.3 Å². The maximum Gasteiger partial charge on any atom is 0.349 e. The SMILES string of the molecule is COCCn1cc(Oc2c(Cl)cc(-n3nc(C#N)c(=O)[nH]c3=O)cc2Cl)ccc1=O. The lowest BCUT2D eigenvalue weighted by Gasteiger charge is -2.13. The molecule has 2 aromatic heterocycles. The lowest BCUT2D eigenvalue weighted by atomic mass is 10.3. The van der Waals surface area contributed by atoms with Crippen molar-refractivity contribution < 1.29 is 9.47 Å². The molecule has 154 valence electrons. The molecule has 0 saturated carbocycles. The molecule has 0 aliphatic heterocycles. The molecule has 0 spiro atoms. The van der Waals surface area contributed by atoms with Gasteiger partial charge in [-0.25, -0.2) is 4.79 Å². The van der Waals surface area contributed by atoms with Crippen molar-refractivity contribution in [3.05, 3.63) is 77.4 Å². The molecule has 0 atom stereocenters. The highest BCUT2D eigenvalue weighted by Crippen LogP contribution is 2.37. The number of rotatable bonds is 6. The highest BCUT2D eigenvalue weighted by molar-refractivity contribution is 6.37. The minimum Gasteiger partial charge on any atom is -0.453 e. The highest BCUT2D eigenvalue weighted by Gasteiger charge is 2.15. The molecule has 0 unspecified atom stereocenters. The highest BCUT2D eigenvalue weighted by atomic mass is 35.5.